The Labute approximate surface area is 119 Å². The van der Waals surface area contributed by atoms with Crippen LogP contribution in [0.4, 0.5) is 0 Å². The van der Waals surface area contributed by atoms with Gasteiger partial charge in [-0.15, -0.1) is 0 Å². The fraction of sp³-hybridized carbons (Fsp3) is 0.438. The first-order valence-corrected chi connectivity index (χ1v) is 7.18. The molecule has 2 unspecified atom stereocenters. The second-order valence-electron chi connectivity index (χ2n) is 5.55. The molecule has 0 aliphatic carbocycles. The predicted molar refractivity (Wildman–Crippen MR) is 78.4 cm³/mol. The second kappa shape index (κ2) is 5.77. The molecular formula is C16H21N3O. The van der Waals surface area contributed by atoms with Crippen LogP contribution in [-0.4, -0.2) is 22.2 Å². The highest BCUT2D eigenvalue weighted by atomic mass is 16.5. The third-order valence-electron chi connectivity index (χ3n) is 3.69. The Balaban J connectivity index is 1.74. The van der Waals surface area contributed by atoms with Gasteiger partial charge in [0.25, 0.3) is 0 Å². The Kier molecular flexibility index (Phi) is 3.85. The van der Waals surface area contributed by atoms with Crippen LogP contribution in [0.25, 0.3) is 0 Å². The maximum Gasteiger partial charge on any atom is 0.101 e. The standard InChI is InChI=1S/C16H21N3O/c1-12(17)8-14-9-19(11-18-14)10-16-15-5-3-2-4-13(15)6-7-20-16/h2-5,9,11-12,16H,6-8,10,17H2,1H3. The Morgan fingerprint density at radius 2 is 2.30 bits per heavy atom. The molecule has 2 N–H and O–H groups in total. The Morgan fingerprint density at radius 3 is 3.15 bits per heavy atom. The van der Waals surface area contributed by atoms with Crippen LogP contribution in [0.15, 0.2) is 36.8 Å². The smallest absolute Gasteiger partial charge is 0.101 e. The van der Waals surface area contributed by atoms with Gasteiger partial charge in [-0.2, -0.15) is 0 Å². The second-order valence-corrected chi connectivity index (χ2v) is 5.55. The van der Waals surface area contributed by atoms with E-state index in [1.807, 2.05) is 13.3 Å². The molecule has 1 aliphatic rings. The van der Waals surface area contributed by atoms with Crippen LogP contribution in [0.2, 0.25) is 0 Å². The summed E-state index contributed by atoms with van der Waals surface area (Å²) < 4.78 is 8.03. The predicted octanol–water partition coefficient (Wildman–Crippen LogP) is 2.09. The number of ether oxygens (including phenoxy) is 1. The van der Waals surface area contributed by atoms with Crippen molar-refractivity contribution in [2.75, 3.05) is 6.61 Å². The van der Waals surface area contributed by atoms with Crippen LogP contribution in [0.5, 0.6) is 0 Å². The molecule has 2 aromatic rings. The molecule has 1 aromatic carbocycles. The average molecular weight is 271 g/mol. The lowest BCUT2D eigenvalue weighted by atomic mass is 9.97. The van der Waals surface area contributed by atoms with Gasteiger partial charge in [0.2, 0.25) is 0 Å². The van der Waals surface area contributed by atoms with Gasteiger partial charge >= 0.3 is 0 Å². The van der Waals surface area contributed by atoms with E-state index < -0.39 is 0 Å². The summed E-state index contributed by atoms with van der Waals surface area (Å²) in [4.78, 5) is 4.41. The maximum atomic E-state index is 5.93. The number of hydrogen-bond acceptors (Lipinski definition) is 3. The van der Waals surface area contributed by atoms with Gasteiger partial charge in [0.15, 0.2) is 0 Å². The number of aromatic nitrogens is 2. The zero-order valence-corrected chi connectivity index (χ0v) is 11.8. The van der Waals surface area contributed by atoms with E-state index in [9.17, 15) is 0 Å². The van der Waals surface area contributed by atoms with Gasteiger partial charge in [0, 0.05) is 18.7 Å². The topological polar surface area (TPSA) is 53.1 Å². The summed E-state index contributed by atoms with van der Waals surface area (Å²) in [5, 5.41) is 0. The van der Waals surface area contributed by atoms with Crippen molar-refractivity contribution in [2.24, 2.45) is 5.73 Å². The van der Waals surface area contributed by atoms with E-state index in [1.54, 1.807) is 0 Å². The van der Waals surface area contributed by atoms with Crippen LogP contribution in [0.1, 0.15) is 29.8 Å². The molecule has 4 nitrogen and oxygen atoms in total. The van der Waals surface area contributed by atoms with Crippen molar-refractivity contribution in [1.82, 2.24) is 9.55 Å². The fourth-order valence-electron chi connectivity index (χ4n) is 2.76. The van der Waals surface area contributed by atoms with E-state index in [0.29, 0.717) is 0 Å². The molecule has 106 valence electrons. The first kappa shape index (κ1) is 13.3. The minimum Gasteiger partial charge on any atom is -0.371 e. The van der Waals surface area contributed by atoms with Gasteiger partial charge in [-0.05, 0) is 24.5 Å². The third kappa shape index (κ3) is 2.92. The third-order valence-corrected chi connectivity index (χ3v) is 3.69. The van der Waals surface area contributed by atoms with Crippen molar-refractivity contribution in [3.63, 3.8) is 0 Å². The van der Waals surface area contributed by atoms with Crippen molar-refractivity contribution in [3.05, 3.63) is 53.6 Å². The van der Waals surface area contributed by atoms with E-state index in [-0.39, 0.29) is 12.1 Å². The van der Waals surface area contributed by atoms with Crippen LogP contribution < -0.4 is 5.73 Å². The van der Waals surface area contributed by atoms with E-state index in [1.165, 1.54) is 11.1 Å². The number of imidazole rings is 1. The highest BCUT2D eigenvalue weighted by Crippen LogP contribution is 2.28. The first-order chi connectivity index (χ1) is 9.72. The molecule has 0 bridgehead atoms. The van der Waals surface area contributed by atoms with Crippen LogP contribution in [-0.2, 0) is 24.1 Å². The molecule has 2 atom stereocenters. The molecule has 0 radical (unpaired) electrons. The Hall–Kier alpha value is -1.65. The molecule has 0 saturated carbocycles. The van der Waals surface area contributed by atoms with Crippen molar-refractivity contribution in [1.29, 1.82) is 0 Å². The molecule has 0 saturated heterocycles. The Bertz CT molecular complexity index is 577. The fourth-order valence-corrected chi connectivity index (χ4v) is 2.76. The van der Waals surface area contributed by atoms with Gasteiger partial charge in [-0.3, -0.25) is 0 Å². The molecule has 0 amide bonds. The maximum absolute atomic E-state index is 5.93. The quantitative estimate of drug-likeness (QED) is 0.926. The van der Waals surface area contributed by atoms with E-state index in [0.717, 1.165) is 31.7 Å². The number of rotatable bonds is 4. The molecule has 1 aliphatic heterocycles. The lowest BCUT2D eigenvalue weighted by Gasteiger charge is -2.26. The number of hydrogen-bond donors (Lipinski definition) is 1. The zero-order valence-electron chi connectivity index (χ0n) is 11.8. The number of fused-ring (bicyclic) bond motifs is 1. The van der Waals surface area contributed by atoms with Crippen molar-refractivity contribution >= 4 is 0 Å². The van der Waals surface area contributed by atoms with Crippen molar-refractivity contribution in [2.45, 2.75) is 38.5 Å². The molecule has 2 heterocycles. The highest BCUT2D eigenvalue weighted by molar-refractivity contribution is 5.30. The molecule has 0 fully saturated rings. The minimum absolute atomic E-state index is 0.122. The number of nitrogens with two attached hydrogens (primary N) is 1. The molecule has 3 rings (SSSR count). The van der Waals surface area contributed by atoms with Gasteiger partial charge < -0.3 is 15.0 Å². The van der Waals surface area contributed by atoms with Gasteiger partial charge in [-0.1, -0.05) is 24.3 Å². The minimum atomic E-state index is 0.122. The average Bonchev–Trinajstić information content (AvgIpc) is 2.86. The van der Waals surface area contributed by atoms with E-state index in [2.05, 4.69) is 40.0 Å². The molecular weight excluding hydrogens is 250 g/mol. The summed E-state index contributed by atoms with van der Waals surface area (Å²) in [7, 11) is 0. The summed E-state index contributed by atoms with van der Waals surface area (Å²) in [6.45, 7) is 3.60. The lowest BCUT2D eigenvalue weighted by molar-refractivity contribution is 0.0306. The van der Waals surface area contributed by atoms with Crippen LogP contribution in [0.3, 0.4) is 0 Å². The van der Waals surface area contributed by atoms with Gasteiger partial charge in [-0.25, -0.2) is 4.98 Å². The molecule has 1 aromatic heterocycles. The van der Waals surface area contributed by atoms with E-state index >= 15 is 0 Å². The van der Waals surface area contributed by atoms with Crippen molar-refractivity contribution < 1.29 is 4.74 Å². The van der Waals surface area contributed by atoms with Crippen LogP contribution in [0, 0.1) is 0 Å². The lowest BCUT2D eigenvalue weighted by Crippen LogP contribution is -2.20. The summed E-state index contributed by atoms with van der Waals surface area (Å²) >= 11 is 0. The SMILES string of the molecule is CC(N)Cc1cn(CC2OCCc3ccccc32)cn1. The summed E-state index contributed by atoms with van der Waals surface area (Å²) in [5.74, 6) is 0. The molecule has 0 spiro atoms. The Morgan fingerprint density at radius 1 is 1.45 bits per heavy atom. The number of benzene rings is 1. The summed E-state index contributed by atoms with van der Waals surface area (Å²) in [6, 6.07) is 8.68. The first-order valence-electron chi connectivity index (χ1n) is 7.18. The van der Waals surface area contributed by atoms with Gasteiger partial charge in [0.1, 0.15) is 6.10 Å². The largest absolute Gasteiger partial charge is 0.371 e. The van der Waals surface area contributed by atoms with E-state index in [4.69, 9.17) is 10.5 Å². The van der Waals surface area contributed by atoms with Gasteiger partial charge in [0.05, 0.1) is 25.2 Å². The number of nitrogens with zero attached hydrogens (tertiary/aromatic N) is 2. The van der Waals surface area contributed by atoms with Crippen molar-refractivity contribution in [3.8, 4) is 0 Å². The summed E-state index contributed by atoms with van der Waals surface area (Å²) in [5.41, 5.74) is 9.56. The molecule has 4 heteroatoms. The summed E-state index contributed by atoms with van der Waals surface area (Å²) in [6.07, 6.45) is 5.89. The monoisotopic (exact) mass is 271 g/mol. The normalized spacial score (nSPS) is 19.6. The highest BCUT2D eigenvalue weighted by Gasteiger charge is 2.20. The zero-order chi connectivity index (χ0) is 13.9. The van der Waals surface area contributed by atoms with Crippen LogP contribution >= 0.6 is 0 Å². The molecule has 20 heavy (non-hydrogen) atoms.